The third kappa shape index (κ3) is 4.20. The van der Waals surface area contributed by atoms with Crippen LogP contribution in [0.5, 0.6) is 0 Å². The van der Waals surface area contributed by atoms with Gasteiger partial charge in [0.25, 0.3) is 0 Å². The van der Waals surface area contributed by atoms with Gasteiger partial charge in [-0.05, 0) is 24.1 Å². The van der Waals surface area contributed by atoms with Crippen molar-refractivity contribution in [3.8, 4) is 0 Å². The second kappa shape index (κ2) is 6.47. The first-order valence-electron chi connectivity index (χ1n) is 5.39. The summed E-state index contributed by atoms with van der Waals surface area (Å²) >= 11 is 10.6. The molecule has 7 heteroatoms. The molecule has 0 saturated heterocycles. The van der Waals surface area contributed by atoms with E-state index in [-0.39, 0.29) is 11.5 Å². The maximum Gasteiger partial charge on any atom is 0.221 e. The van der Waals surface area contributed by atoms with Crippen LogP contribution in [0, 0.1) is 0 Å². The molecule has 0 bridgehead atoms. The van der Waals surface area contributed by atoms with E-state index in [1.807, 2.05) is 0 Å². The summed E-state index contributed by atoms with van der Waals surface area (Å²) in [6, 6.07) is 6.97. The van der Waals surface area contributed by atoms with Gasteiger partial charge in [-0.3, -0.25) is 0 Å². The zero-order chi connectivity index (χ0) is 13.8. The molecule has 0 radical (unpaired) electrons. The lowest BCUT2D eigenvalue weighted by molar-refractivity contribution is 0.574. The minimum atomic E-state index is -3.54. The highest BCUT2D eigenvalue weighted by molar-refractivity contribution is 7.93. The van der Waals surface area contributed by atoms with Crippen LogP contribution in [-0.2, 0) is 16.6 Å². The fraction of sp³-hybridized carbons (Fsp3) is 0.364. The number of nitrogens with two attached hydrogens (primary N) is 1. The summed E-state index contributed by atoms with van der Waals surface area (Å²) in [6.45, 7) is 1.89. The lowest BCUT2D eigenvalue weighted by Gasteiger charge is -2.15. The Bertz CT molecular complexity index is 532. The number of nitrogens with one attached hydrogen (secondary N) is 1. The van der Waals surface area contributed by atoms with E-state index in [0.29, 0.717) is 11.4 Å². The zero-order valence-corrected chi connectivity index (χ0v) is 12.3. The van der Waals surface area contributed by atoms with Crippen molar-refractivity contribution in [2.75, 3.05) is 0 Å². The van der Waals surface area contributed by atoms with Crippen LogP contribution in [0.15, 0.2) is 24.3 Å². The van der Waals surface area contributed by atoms with Crippen molar-refractivity contribution in [2.45, 2.75) is 25.1 Å². The maximum atomic E-state index is 11.9. The number of benzene rings is 1. The minimum Gasteiger partial charge on any atom is -0.392 e. The first-order chi connectivity index (χ1) is 8.36. The number of rotatable bonds is 6. The Labute approximate surface area is 118 Å². The summed E-state index contributed by atoms with van der Waals surface area (Å²) in [5, 5.41) is -0.278. The number of hydrogen-bond acceptors (Lipinski definition) is 3. The van der Waals surface area contributed by atoms with Gasteiger partial charge in [0, 0.05) is 11.6 Å². The molecule has 0 spiro atoms. The topological polar surface area (TPSA) is 72.2 Å². The number of thiocarbonyl (C=S) groups is 1. The minimum absolute atomic E-state index is 0.0175. The van der Waals surface area contributed by atoms with Crippen molar-refractivity contribution in [1.29, 1.82) is 0 Å². The molecule has 0 heterocycles. The van der Waals surface area contributed by atoms with E-state index >= 15 is 0 Å². The Balaban J connectivity index is 2.76. The van der Waals surface area contributed by atoms with Crippen LogP contribution in [0.1, 0.15) is 18.9 Å². The first-order valence-corrected chi connectivity index (χ1v) is 7.72. The highest BCUT2D eigenvalue weighted by atomic mass is 35.5. The van der Waals surface area contributed by atoms with Gasteiger partial charge >= 0.3 is 0 Å². The molecule has 18 heavy (non-hydrogen) atoms. The van der Waals surface area contributed by atoms with Crippen LogP contribution in [0.25, 0.3) is 0 Å². The third-order valence-electron chi connectivity index (χ3n) is 2.43. The monoisotopic (exact) mass is 306 g/mol. The average Bonchev–Trinajstić information content (AvgIpc) is 2.26. The maximum absolute atomic E-state index is 11.9. The van der Waals surface area contributed by atoms with Gasteiger partial charge in [-0.1, -0.05) is 42.9 Å². The molecule has 0 fully saturated rings. The van der Waals surface area contributed by atoms with Crippen molar-refractivity contribution in [3.05, 3.63) is 34.9 Å². The van der Waals surface area contributed by atoms with Crippen LogP contribution >= 0.6 is 23.8 Å². The largest absolute Gasteiger partial charge is 0.392 e. The molecule has 100 valence electrons. The van der Waals surface area contributed by atoms with Gasteiger partial charge in [0.1, 0.15) is 5.25 Å². The van der Waals surface area contributed by atoms with Crippen LogP contribution in [-0.4, -0.2) is 18.7 Å². The second-order valence-electron chi connectivity index (χ2n) is 3.80. The predicted octanol–water partition coefficient (Wildman–Crippen LogP) is 1.82. The van der Waals surface area contributed by atoms with Crippen molar-refractivity contribution in [3.63, 3.8) is 0 Å². The van der Waals surface area contributed by atoms with Gasteiger partial charge in [-0.15, -0.1) is 0 Å². The van der Waals surface area contributed by atoms with Crippen molar-refractivity contribution >= 4 is 38.8 Å². The number of hydrogen-bond donors (Lipinski definition) is 2. The molecule has 0 amide bonds. The van der Waals surface area contributed by atoms with Gasteiger partial charge in [-0.25, -0.2) is 13.1 Å². The van der Waals surface area contributed by atoms with E-state index in [1.54, 1.807) is 31.2 Å². The molecule has 1 rings (SSSR count). The van der Waals surface area contributed by atoms with Gasteiger partial charge < -0.3 is 5.73 Å². The highest BCUT2D eigenvalue weighted by Crippen LogP contribution is 2.12. The summed E-state index contributed by atoms with van der Waals surface area (Å²) in [4.78, 5) is -0.0175. The fourth-order valence-corrected chi connectivity index (χ4v) is 3.58. The van der Waals surface area contributed by atoms with Crippen LogP contribution < -0.4 is 10.5 Å². The molecule has 0 aromatic heterocycles. The zero-order valence-electron chi connectivity index (χ0n) is 9.89. The summed E-state index contributed by atoms with van der Waals surface area (Å²) in [5.41, 5.74) is 6.20. The van der Waals surface area contributed by atoms with E-state index in [4.69, 9.17) is 29.6 Å². The lowest BCUT2D eigenvalue weighted by atomic mass is 10.2. The Morgan fingerprint density at radius 3 is 2.72 bits per heavy atom. The molecular weight excluding hydrogens is 292 g/mol. The first kappa shape index (κ1) is 15.4. The van der Waals surface area contributed by atoms with Gasteiger partial charge in [-0.2, -0.15) is 0 Å². The van der Waals surface area contributed by atoms with Gasteiger partial charge in [0.2, 0.25) is 10.0 Å². The molecule has 3 N–H and O–H groups in total. The van der Waals surface area contributed by atoms with E-state index in [1.165, 1.54) is 0 Å². The average molecular weight is 307 g/mol. The normalized spacial score (nSPS) is 13.2. The molecule has 1 aromatic carbocycles. The van der Waals surface area contributed by atoms with E-state index < -0.39 is 15.3 Å². The number of halogens is 1. The lowest BCUT2D eigenvalue weighted by Crippen LogP contribution is -2.41. The molecule has 0 aliphatic rings. The van der Waals surface area contributed by atoms with Crippen LogP contribution in [0.4, 0.5) is 0 Å². The van der Waals surface area contributed by atoms with Crippen molar-refractivity contribution in [2.24, 2.45) is 5.73 Å². The molecule has 1 unspecified atom stereocenters. The standard InChI is InChI=1S/C11H15ClN2O2S2/c1-2-10(11(13)17)18(15,16)14-7-8-4-3-5-9(12)6-8/h3-6,10,14H,2,7H2,1H3,(H2,13,17). The van der Waals surface area contributed by atoms with Crippen molar-refractivity contribution in [1.82, 2.24) is 4.72 Å². The second-order valence-corrected chi connectivity index (χ2v) is 6.65. The molecule has 0 aliphatic carbocycles. The van der Waals surface area contributed by atoms with Gasteiger partial charge in [0.05, 0.1) is 4.99 Å². The molecule has 0 saturated carbocycles. The smallest absolute Gasteiger partial charge is 0.221 e. The third-order valence-corrected chi connectivity index (χ3v) is 4.98. The molecule has 0 aliphatic heterocycles. The molecular formula is C11H15ClN2O2S2. The predicted molar refractivity (Wildman–Crippen MR) is 78.1 cm³/mol. The molecule has 1 aromatic rings. The highest BCUT2D eigenvalue weighted by Gasteiger charge is 2.25. The summed E-state index contributed by atoms with van der Waals surface area (Å²) in [6.07, 6.45) is 0.347. The van der Waals surface area contributed by atoms with Crippen molar-refractivity contribution < 1.29 is 8.42 Å². The van der Waals surface area contributed by atoms with E-state index in [0.717, 1.165) is 5.56 Å². The summed E-state index contributed by atoms with van der Waals surface area (Å²) in [7, 11) is -3.54. The van der Waals surface area contributed by atoms with E-state index in [2.05, 4.69) is 4.72 Å². The fourth-order valence-electron chi connectivity index (χ4n) is 1.50. The Morgan fingerprint density at radius 2 is 2.22 bits per heavy atom. The molecule has 1 atom stereocenters. The Hall–Kier alpha value is -0.690. The molecule has 4 nitrogen and oxygen atoms in total. The quantitative estimate of drug-likeness (QED) is 0.787. The van der Waals surface area contributed by atoms with E-state index in [9.17, 15) is 8.42 Å². The van der Waals surface area contributed by atoms with Crippen LogP contribution in [0.3, 0.4) is 0 Å². The SMILES string of the molecule is CCC(C(N)=S)S(=O)(=O)NCc1cccc(Cl)c1. The number of sulfonamides is 1. The summed E-state index contributed by atoms with van der Waals surface area (Å²) in [5.74, 6) is 0. The summed E-state index contributed by atoms with van der Waals surface area (Å²) < 4.78 is 26.4. The van der Waals surface area contributed by atoms with Gasteiger partial charge in [0.15, 0.2) is 0 Å². The Morgan fingerprint density at radius 1 is 1.56 bits per heavy atom. The van der Waals surface area contributed by atoms with Crippen LogP contribution in [0.2, 0.25) is 5.02 Å². The Kier molecular flexibility index (Phi) is 5.52.